The molecule has 1 unspecified atom stereocenters. The molecule has 3 aliphatic heterocycles. The standard InChI is InChI=1S/C19H29N3O3/c1-14-12-20-18(15-4-9-24-10-5-15)22(14)17-2-7-21(8-3-17)19(23)16-6-11-25-13-16/h12,15-17H,2-11,13H2,1H3. The maximum atomic E-state index is 12.6. The first-order valence-electron chi connectivity index (χ1n) is 9.72. The Bertz CT molecular complexity index is 595. The Labute approximate surface area is 149 Å². The molecule has 0 aliphatic carbocycles. The Balaban J connectivity index is 1.42. The second-order valence-corrected chi connectivity index (χ2v) is 7.63. The van der Waals surface area contributed by atoms with Gasteiger partial charge < -0.3 is 18.9 Å². The Morgan fingerprint density at radius 1 is 1.08 bits per heavy atom. The summed E-state index contributed by atoms with van der Waals surface area (Å²) in [6.45, 7) is 6.88. The topological polar surface area (TPSA) is 56.6 Å². The molecule has 0 spiro atoms. The van der Waals surface area contributed by atoms with E-state index in [1.165, 1.54) is 11.5 Å². The molecule has 0 aromatic carbocycles. The van der Waals surface area contributed by atoms with Crippen molar-refractivity contribution in [3.63, 3.8) is 0 Å². The molecule has 3 aliphatic rings. The van der Waals surface area contributed by atoms with Crippen molar-refractivity contribution < 1.29 is 14.3 Å². The normalized spacial score (nSPS) is 26.3. The number of carbonyl (C=O) groups excluding carboxylic acids is 1. The highest BCUT2D eigenvalue weighted by atomic mass is 16.5. The third kappa shape index (κ3) is 3.47. The number of aromatic nitrogens is 2. The summed E-state index contributed by atoms with van der Waals surface area (Å²) < 4.78 is 13.3. The summed E-state index contributed by atoms with van der Waals surface area (Å²) in [5, 5.41) is 0. The molecule has 1 amide bonds. The van der Waals surface area contributed by atoms with Gasteiger partial charge in [-0.05, 0) is 39.0 Å². The van der Waals surface area contributed by atoms with Crippen LogP contribution in [0.3, 0.4) is 0 Å². The number of likely N-dealkylation sites (tertiary alicyclic amines) is 1. The van der Waals surface area contributed by atoms with Crippen LogP contribution >= 0.6 is 0 Å². The van der Waals surface area contributed by atoms with Crippen LogP contribution in [0, 0.1) is 12.8 Å². The SMILES string of the molecule is Cc1cnc(C2CCOCC2)n1C1CCN(C(=O)C2CCOC2)CC1. The van der Waals surface area contributed by atoms with Crippen LogP contribution in [0.2, 0.25) is 0 Å². The molecule has 138 valence electrons. The van der Waals surface area contributed by atoms with Crippen LogP contribution in [0.1, 0.15) is 55.6 Å². The van der Waals surface area contributed by atoms with Gasteiger partial charge >= 0.3 is 0 Å². The van der Waals surface area contributed by atoms with Gasteiger partial charge in [-0.3, -0.25) is 4.79 Å². The van der Waals surface area contributed by atoms with Crippen molar-refractivity contribution in [2.75, 3.05) is 39.5 Å². The Morgan fingerprint density at radius 3 is 2.48 bits per heavy atom. The van der Waals surface area contributed by atoms with E-state index in [0.29, 0.717) is 24.5 Å². The van der Waals surface area contributed by atoms with Crippen molar-refractivity contribution >= 4 is 5.91 Å². The Kier molecular flexibility index (Phi) is 5.08. The van der Waals surface area contributed by atoms with Crippen molar-refractivity contribution in [2.24, 2.45) is 5.92 Å². The first-order chi connectivity index (χ1) is 12.2. The third-order valence-corrected chi connectivity index (χ3v) is 6.02. The van der Waals surface area contributed by atoms with Gasteiger partial charge in [-0.15, -0.1) is 0 Å². The molecule has 1 aromatic heterocycles. The summed E-state index contributed by atoms with van der Waals surface area (Å²) in [7, 11) is 0. The predicted octanol–water partition coefficient (Wildman–Crippen LogP) is 2.29. The van der Waals surface area contributed by atoms with Gasteiger partial charge in [0.05, 0.1) is 12.5 Å². The number of ether oxygens (including phenoxy) is 2. The average molecular weight is 347 g/mol. The van der Waals surface area contributed by atoms with Crippen LogP contribution in [0.15, 0.2) is 6.20 Å². The molecule has 6 heteroatoms. The minimum Gasteiger partial charge on any atom is -0.381 e. The van der Waals surface area contributed by atoms with E-state index in [-0.39, 0.29) is 5.92 Å². The van der Waals surface area contributed by atoms with Gasteiger partial charge in [0.1, 0.15) is 5.82 Å². The lowest BCUT2D eigenvalue weighted by molar-refractivity contribution is -0.136. The largest absolute Gasteiger partial charge is 0.381 e. The first-order valence-corrected chi connectivity index (χ1v) is 9.72. The summed E-state index contributed by atoms with van der Waals surface area (Å²) >= 11 is 0. The van der Waals surface area contributed by atoms with E-state index in [4.69, 9.17) is 14.5 Å². The van der Waals surface area contributed by atoms with Gasteiger partial charge in [0.15, 0.2) is 0 Å². The zero-order valence-corrected chi connectivity index (χ0v) is 15.2. The first kappa shape index (κ1) is 17.0. The zero-order valence-electron chi connectivity index (χ0n) is 15.2. The third-order valence-electron chi connectivity index (χ3n) is 6.02. The fourth-order valence-corrected chi connectivity index (χ4v) is 4.53. The quantitative estimate of drug-likeness (QED) is 0.842. The van der Waals surface area contributed by atoms with Gasteiger partial charge in [0.25, 0.3) is 0 Å². The molecule has 0 radical (unpaired) electrons. The van der Waals surface area contributed by atoms with E-state index in [1.807, 2.05) is 6.20 Å². The predicted molar refractivity (Wildman–Crippen MR) is 93.5 cm³/mol. The summed E-state index contributed by atoms with van der Waals surface area (Å²) in [6, 6.07) is 0.462. The minimum atomic E-state index is 0.0873. The van der Waals surface area contributed by atoms with E-state index >= 15 is 0 Å². The fraction of sp³-hybridized carbons (Fsp3) is 0.789. The van der Waals surface area contributed by atoms with E-state index < -0.39 is 0 Å². The monoisotopic (exact) mass is 347 g/mol. The van der Waals surface area contributed by atoms with E-state index in [9.17, 15) is 4.79 Å². The van der Waals surface area contributed by atoms with Gasteiger partial charge in [-0.25, -0.2) is 4.98 Å². The second-order valence-electron chi connectivity index (χ2n) is 7.63. The molecule has 1 atom stereocenters. The molecule has 1 aromatic rings. The van der Waals surface area contributed by atoms with Crippen LogP contribution < -0.4 is 0 Å². The number of hydrogen-bond acceptors (Lipinski definition) is 4. The lowest BCUT2D eigenvalue weighted by atomic mass is 9.97. The fourth-order valence-electron chi connectivity index (χ4n) is 4.53. The molecule has 25 heavy (non-hydrogen) atoms. The summed E-state index contributed by atoms with van der Waals surface area (Å²) in [6.07, 6.45) is 7.07. The molecule has 6 nitrogen and oxygen atoms in total. The lowest BCUT2D eigenvalue weighted by Gasteiger charge is -2.36. The molecular weight excluding hydrogens is 318 g/mol. The molecular formula is C19H29N3O3. The Morgan fingerprint density at radius 2 is 1.80 bits per heavy atom. The van der Waals surface area contributed by atoms with Crippen molar-refractivity contribution in [1.29, 1.82) is 0 Å². The number of amides is 1. The highest BCUT2D eigenvalue weighted by molar-refractivity contribution is 5.79. The molecule has 3 saturated heterocycles. The van der Waals surface area contributed by atoms with Crippen molar-refractivity contribution in [3.05, 3.63) is 17.7 Å². The number of carbonyl (C=O) groups is 1. The van der Waals surface area contributed by atoms with E-state index in [1.54, 1.807) is 0 Å². The van der Waals surface area contributed by atoms with Crippen molar-refractivity contribution in [1.82, 2.24) is 14.5 Å². The van der Waals surface area contributed by atoms with Crippen molar-refractivity contribution in [3.8, 4) is 0 Å². The number of imidazole rings is 1. The van der Waals surface area contributed by atoms with Gasteiger partial charge in [0.2, 0.25) is 5.91 Å². The van der Waals surface area contributed by atoms with Crippen LogP contribution in [-0.2, 0) is 14.3 Å². The smallest absolute Gasteiger partial charge is 0.228 e. The van der Waals surface area contributed by atoms with Crippen LogP contribution in [0.5, 0.6) is 0 Å². The van der Waals surface area contributed by atoms with Crippen LogP contribution in [-0.4, -0.2) is 59.9 Å². The molecule has 4 rings (SSSR count). The molecule has 0 saturated carbocycles. The zero-order chi connectivity index (χ0) is 17.2. The number of nitrogens with zero attached hydrogens (tertiary/aromatic N) is 3. The highest BCUT2D eigenvalue weighted by Crippen LogP contribution is 2.33. The molecule has 0 bridgehead atoms. The summed E-state index contributed by atoms with van der Waals surface area (Å²) in [5.41, 5.74) is 1.25. The summed E-state index contributed by atoms with van der Waals surface area (Å²) in [5.74, 6) is 2.12. The average Bonchev–Trinajstić information content (AvgIpc) is 3.32. The number of piperidine rings is 1. The number of rotatable bonds is 3. The lowest BCUT2D eigenvalue weighted by Crippen LogP contribution is -2.42. The van der Waals surface area contributed by atoms with Gasteiger partial charge in [-0.1, -0.05) is 0 Å². The van der Waals surface area contributed by atoms with Crippen LogP contribution in [0.25, 0.3) is 0 Å². The van der Waals surface area contributed by atoms with Gasteiger partial charge in [0, 0.05) is 56.8 Å². The minimum absolute atomic E-state index is 0.0873. The summed E-state index contributed by atoms with van der Waals surface area (Å²) in [4.78, 5) is 19.4. The van der Waals surface area contributed by atoms with E-state index in [2.05, 4.69) is 16.4 Å². The maximum absolute atomic E-state index is 12.6. The maximum Gasteiger partial charge on any atom is 0.228 e. The van der Waals surface area contributed by atoms with Gasteiger partial charge in [-0.2, -0.15) is 0 Å². The van der Waals surface area contributed by atoms with Crippen molar-refractivity contribution in [2.45, 2.75) is 51.0 Å². The Hall–Kier alpha value is -1.40. The van der Waals surface area contributed by atoms with Crippen LogP contribution in [0.4, 0.5) is 0 Å². The number of aryl methyl sites for hydroxylation is 1. The molecule has 3 fully saturated rings. The van der Waals surface area contributed by atoms with E-state index in [0.717, 1.165) is 65.0 Å². The second kappa shape index (κ2) is 7.46. The highest BCUT2D eigenvalue weighted by Gasteiger charge is 2.32. The molecule has 0 N–H and O–H groups in total. The molecule has 4 heterocycles. The number of hydrogen-bond donors (Lipinski definition) is 0.